The zero-order valence-electron chi connectivity index (χ0n) is 16.3. The van der Waals surface area contributed by atoms with Gasteiger partial charge in [0.15, 0.2) is 0 Å². The van der Waals surface area contributed by atoms with Gasteiger partial charge in [0.2, 0.25) is 10.0 Å². The van der Waals surface area contributed by atoms with Gasteiger partial charge in [-0.1, -0.05) is 12.8 Å². The average Bonchev–Trinajstić information content (AvgIpc) is 3.46. The number of benzene rings is 1. The van der Waals surface area contributed by atoms with E-state index in [4.69, 9.17) is 9.47 Å². The minimum Gasteiger partial charge on any atom is -0.496 e. The molecular weight excluding hydrogens is 386 g/mol. The molecule has 1 saturated carbocycles. The Bertz CT molecular complexity index is 865. The Balaban J connectivity index is 2.01. The molecule has 1 aromatic rings. The topological polar surface area (TPSA) is 113 Å². The molecule has 0 radical (unpaired) electrons. The summed E-state index contributed by atoms with van der Waals surface area (Å²) in [4.78, 5) is 12.0. The zero-order chi connectivity index (χ0) is 20.7. The number of hydrogen-bond acceptors (Lipinski definition) is 6. The van der Waals surface area contributed by atoms with E-state index >= 15 is 0 Å². The summed E-state index contributed by atoms with van der Waals surface area (Å²) in [5, 5.41) is 20.4. The second kappa shape index (κ2) is 7.53. The van der Waals surface area contributed by atoms with Crippen LogP contribution in [0.1, 0.15) is 31.2 Å². The van der Waals surface area contributed by atoms with Crippen LogP contribution in [0.25, 0.3) is 0 Å². The Morgan fingerprint density at radius 2 is 1.86 bits per heavy atom. The molecule has 3 rings (SSSR count). The maximum Gasteiger partial charge on any atom is 0.313 e. The number of hydrogen-bond donors (Lipinski definition) is 2. The molecule has 1 aliphatic heterocycles. The summed E-state index contributed by atoms with van der Waals surface area (Å²) in [6.45, 7) is 1.56. The number of nitrogens with zero attached hydrogens (tertiary/aromatic N) is 1. The number of methoxy groups -OCH3 is 2. The van der Waals surface area contributed by atoms with Crippen LogP contribution in [-0.2, 0) is 14.8 Å². The fourth-order valence-electron chi connectivity index (χ4n) is 3.95. The van der Waals surface area contributed by atoms with Crippen molar-refractivity contribution in [2.75, 3.05) is 27.3 Å². The van der Waals surface area contributed by atoms with Gasteiger partial charge in [-0.25, -0.2) is 8.42 Å². The number of carboxylic acid groups (broad SMARTS) is 1. The van der Waals surface area contributed by atoms with E-state index in [1.165, 1.54) is 20.3 Å². The monoisotopic (exact) mass is 413 g/mol. The third-order valence-electron chi connectivity index (χ3n) is 5.82. The summed E-state index contributed by atoms with van der Waals surface area (Å²) < 4.78 is 38.4. The molecule has 1 unspecified atom stereocenters. The van der Waals surface area contributed by atoms with Crippen LogP contribution in [0.3, 0.4) is 0 Å². The van der Waals surface area contributed by atoms with Gasteiger partial charge in [-0.05, 0) is 37.3 Å². The van der Waals surface area contributed by atoms with Gasteiger partial charge in [-0.2, -0.15) is 4.31 Å². The van der Waals surface area contributed by atoms with Gasteiger partial charge in [-0.3, -0.25) is 4.79 Å². The molecule has 0 amide bonds. The molecule has 2 atom stereocenters. The molecule has 0 aromatic heterocycles. The predicted molar refractivity (Wildman–Crippen MR) is 101 cm³/mol. The van der Waals surface area contributed by atoms with E-state index in [1.54, 1.807) is 13.0 Å². The predicted octanol–water partition coefficient (Wildman–Crippen LogP) is 1.64. The first-order chi connectivity index (χ1) is 13.2. The quantitative estimate of drug-likeness (QED) is 0.698. The Morgan fingerprint density at radius 3 is 2.39 bits per heavy atom. The van der Waals surface area contributed by atoms with Crippen molar-refractivity contribution >= 4 is 16.0 Å². The molecule has 2 N–H and O–H groups in total. The normalized spacial score (nSPS) is 26.1. The lowest BCUT2D eigenvalue weighted by molar-refractivity contribution is -0.162. The third kappa shape index (κ3) is 3.58. The average molecular weight is 413 g/mol. The smallest absolute Gasteiger partial charge is 0.313 e. The summed E-state index contributed by atoms with van der Waals surface area (Å²) in [5.74, 6) is -0.353. The fraction of sp³-hybridized carbons (Fsp3) is 0.632. The summed E-state index contributed by atoms with van der Waals surface area (Å²) in [6.07, 6.45) is 1.11. The second-order valence-corrected chi connectivity index (χ2v) is 9.63. The Morgan fingerprint density at radius 1 is 1.21 bits per heavy atom. The van der Waals surface area contributed by atoms with Crippen molar-refractivity contribution in [3.05, 3.63) is 17.7 Å². The van der Waals surface area contributed by atoms with E-state index in [1.807, 2.05) is 0 Å². The van der Waals surface area contributed by atoms with Gasteiger partial charge in [0.1, 0.15) is 21.8 Å². The molecule has 156 valence electrons. The molecule has 2 aliphatic rings. The standard InChI is InChI=1S/C19H27NO7S/c1-12-8-15(27-3)16(9-14(12)26-2)28(24,25)20-7-6-17(21)19(11-20,18(22)23)10-13-4-5-13/h8-9,13,17,21H,4-7,10-11H2,1-3H3,(H,22,23)/t17?,19-/m0/s1. The molecule has 28 heavy (non-hydrogen) atoms. The number of aliphatic hydroxyl groups is 1. The molecule has 8 nitrogen and oxygen atoms in total. The summed E-state index contributed by atoms with van der Waals surface area (Å²) in [5.41, 5.74) is -0.768. The van der Waals surface area contributed by atoms with E-state index in [0.29, 0.717) is 5.75 Å². The molecule has 1 saturated heterocycles. The number of aliphatic hydroxyl groups excluding tert-OH is 1. The number of piperidine rings is 1. The van der Waals surface area contributed by atoms with Gasteiger partial charge >= 0.3 is 5.97 Å². The van der Waals surface area contributed by atoms with Crippen molar-refractivity contribution in [3.63, 3.8) is 0 Å². The number of aryl methyl sites for hydroxylation is 1. The van der Waals surface area contributed by atoms with Gasteiger partial charge in [0, 0.05) is 19.2 Å². The van der Waals surface area contributed by atoms with Gasteiger partial charge < -0.3 is 19.7 Å². The van der Waals surface area contributed by atoms with Crippen LogP contribution in [0, 0.1) is 18.3 Å². The van der Waals surface area contributed by atoms with Crippen molar-refractivity contribution in [2.45, 2.75) is 43.6 Å². The van der Waals surface area contributed by atoms with Crippen LogP contribution in [0.5, 0.6) is 11.5 Å². The van der Waals surface area contributed by atoms with E-state index in [0.717, 1.165) is 22.7 Å². The first kappa shape index (κ1) is 20.9. The van der Waals surface area contributed by atoms with Gasteiger partial charge in [0.25, 0.3) is 0 Å². The summed E-state index contributed by atoms with van der Waals surface area (Å²) >= 11 is 0. The minimum atomic E-state index is -4.04. The number of aliphatic carboxylic acids is 1. The van der Waals surface area contributed by atoms with Crippen molar-refractivity contribution in [1.29, 1.82) is 0 Å². The largest absolute Gasteiger partial charge is 0.496 e. The molecular formula is C19H27NO7S. The van der Waals surface area contributed by atoms with E-state index in [-0.39, 0.29) is 42.5 Å². The molecule has 1 aliphatic carbocycles. The third-order valence-corrected chi connectivity index (χ3v) is 7.69. The highest BCUT2D eigenvalue weighted by Crippen LogP contribution is 2.46. The van der Waals surface area contributed by atoms with Crippen LogP contribution in [-0.4, -0.2) is 62.3 Å². The highest BCUT2D eigenvalue weighted by atomic mass is 32.2. The Kier molecular flexibility index (Phi) is 5.62. The summed E-state index contributed by atoms with van der Waals surface area (Å²) in [7, 11) is -1.21. The minimum absolute atomic E-state index is 0.0442. The highest BCUT2D eigenvalue weighted by molar-refractivity contribution is 7.89. The lowest BCUT2D eigenvalue weighted by atomic mass is 9.74. The maximum absolute atomic E-state index is 13.4. The fourth-order valence-corrected chi connectivity index (χ4v) is 5.62. The van der Waals surface area contributed by atoms with Crippen LogP contribution < -0.4 is 9.47 Å². The zero-order valence-corrected chi connectivity index (χ0v) is 17.2. The van der Waals surface area contributed by atoms with Crippen molar-refractivity contribution in [3.8, 4) is 11.5 Å². The lowest BCUT2D eigenvalue weighted by Crippen LogP contribution is -2.57. The van der Waals surface area contributed by atoms with Crippen LogP contribution in [0.2, 0.25) is 0 Å². The molecule has 1 heterocycles. The Labute approximate surface area is 165 Å². The van der Waals surface area contributed by atoms with Gasteiger partial charge in [-0.15, -0.1) is 0 Å². The van der Waals surface area contributed by atoms with Crippen molar-refractivity contribution in [2.24, 2.45) is 11.3 Å². The molecule has 9 heteroatoms. The number of sulfonamides is 1. The van der Waals surface area contributed by atoms with Crippen molar-refractivity contribution in [1.82, 2.24) is 4.31 Å². The first-order valence-corrected chi connectivity index (χ1v) is 10.7. The second-order valence-electron chi connectivity index (χ2n) is 7.72. The molecule has 0 spiro atoms. The summed E-state index contributed by atoms with van der Waals surface area (Å²) in [6, 6.07) is 2.98. The Hall–Kier alpha value is -1.84. The van der Waals surface area contributed by atoms with Crippen molar-refractivity contribution < 1.29 is 32.9 Å². The van der Waals surface area contributed by atoms with E-state index in [2.05, 4.69) is 0 Å². The van der Waals surface area contributed by atoms with Crippen LogP contribution in [0.4, 0.5) is 0 Å². The molecule has 2 fully saturated rings. The molecule has 1 aromatic carbocycles. The number of ether oxygens (including phenoxy) is 2. The van der Waals surface area contributed by atoms with E-state index < -0.39 is 27.5 Å². The number of carbonyl (C=O) groups is 1. The van der Waals surface area contributed by atoms with E-state index in [9.17, 15) is 23.4 Å². The van der Waals surface area contributed by atoms with Crippen LogP contribution >= 0.6 is 0 Å². The highest BCUT2D eigenvalue weighted by Gasteiger charge is 2.53. The number of rotatable bonds is 7. The number of carboxylic acids is 1. The lowest BCUT2D eigenvalue weighted by Gasteiger charge is -2.43. The first-order valence-electron chi connectivity index (χ1n) is 9.30. The molecule has 0 bridgehead atoms. The SMILES string of the molecule is COc1cc(S(=O)(=O)N2CCC(O)[C@@](CC3CC3)(C(=O)O)C2)c(OC)cc1C. The van der Waals surface area contributed by atoms with Crippen LogP contribution in [0.15, 0.2) is 17.0 Å². The maximum atomic E-state index is 13.4. The van der Waals surface area contributed by atoms with Gasteiger partial charge in [0.05, 0.1) is 20.3 Å².